The first-order chi connectivity index (χ1) is 14.0. The van der Waals surface area contributed by atoms with Crippen LogP contribution < -0.4 is 17.0 Å². The van der Waals surface area contributed by atoms with Gasteiger partial charge in [-0.2, -0.15) is 0 Å². The van der Waals surface area contributed by atoms with Gasteiger partial charge < -0.3 is 10.2 Å². The zero-order valence-electron chi connectivity index (χ0n) is 16.5. The summed E-state index contributed by atoms with van der Waals surface area (Å²) in [5, 5.41) is 0.367. The number of rotatable bonds is 3. The first-order valence-corrected chi connectivity index (χ1v) is 9.69. The number of hydrogen-bond acceptors (Lipinski definition) is 4. The minimum atomic E-state index is -0.507. The maximum Gasteiger partial charge on any atom is 0.330 e. The number of aromatic amines is 1. The van der Waals surface area contributed by atoms with Gasteiger partial charge in [0.15, 0.2) is 0 Å². The predicted octanol–water partition coefficient (Wildman–Crippen LogP) is 3.91. The van der Waals surface area contributed by atoms with Crippen LogP contribution in [-0.4, -0.2) is 9.55 Å². The van der Waals surface area contributed by atoms with Crippen molar-refractivity contribution in [2.24, 2.45) is 12.8 Å². The molecule has 1 aliphatic carbocycles. The summed E-state index contributed by atoms with van der Waals surface area (Å²) in [5.41, 5.74) is 8.96. The van der Waals surface area contributed by atoms with Crippen molar-refractivity contribution in [2.45, 2.75) is 24.8 Å². The fraction of sp³-hybridized carbons (Fsp3) is 0.217. The zero-order chi connectivity index (χ0) is 20.2. The molecule has 1 aliphatic rings. The largest absolute Gasteiger partial charge is 0.439 e. The van der Waals surface area contributed by atoms with Crippen molar-refractivity contribution in [2.75, 3.05) is 0 Å². The van der Waals surface area contributed by atoms with Crippen molar-refractivity contribution in [3.8, 4) is 22.5 Å². The number of halogens is 1. The third-order valence-corrected chi connectivity index (χ3v) is 5.98. The van der Waals surface area contributed by atoms with Crippen molar-refractivity contribution in [3.63, 3.8) is 0 Å². The number of aromatic nitrogens is 2. The Kier molecular flexibility index (Phi) is 4.92. The molecule has 0 radical (unpaired) electrons. The highest BCUT2D eigenvalue weighted by Gasteiger charge is 2.34. The van der Waals surface area contributed by atoms with Gasteiger partial charge in [-0.3, -0.25) is 14.3 Å². The molecule has 0 saturated heterocycles. The molecule has 2 aromatic carbocycles. The lowest BCUT2D eigenvalue weighted by atomic mass is 9.72. The van der Waals surface area contributed by atoms with E-state index in [-0.39, 0.29) is 29.2 Å². The Balaban J connectivity index is 0.00000218. The van der Waals surface area contributed by atoms with Crippen LogP contribution in [0.5, 0.6) is 0 Å². The lowest BCUT2D eigenvalue weighted by Crippen LogP contribution is -2.43. The third kappa shape index (κ3) is 3.00. The second-order valence-electron chi connectivity index (χ2n) is 7.76. The first kappa shape index (κ1) is 20.2. The Bertz CT molecular complexity index is 1330. The summed E-state index contributed by atoms with van der Waals surface area (Å²) < 4.78 is 7.08. The van der Waals surface area contributed by atoms with E-state index in [0.29, 0.717) is 16.7 Å². The van der Waals surface area contributed by atoms with Gasteiger partial charge >= 0.3 is 5.69 Å². The Morgan fingerprint density at radius 2 is 1.67 bits per heavy atom. The minimum Gasteiger partial charge on any atom is -0.439 e. The van der Waals surface area contributed by atoms with Gasteiger partial charge in [0.25, 0.3) is 5.56 Å². The van der Waals surface area contributed by atoms with Crippen LogP contribution in [0.25, 0.3) is 33.6 Å². The molecule has 2 aromatic heterocycles. The number of nitrogens with one attached hydrogen (secondary N) is 1. The lowest BCUT2D eigenvalue weighted by Gasteiger charge is -2.38. The summed E-state index contributed by atoms with van der Waals surface area (Å²) in [7, 11) is 1.45. The van der Waals surface area contributed by atoms with Gasteiger partial charge in [-0.15, -0.1) is 12.4 Å². The van der Waals surface area contributed by atoms with E-state index in [1.807, 2.05) is 54.6 Å². The monoisotopic (exact) mass is 423 g/mol. The fourth-order valence-electron chi connectivity index (χ4n) is 4.05. The molecule has 0 unspecified atom stereocenters. The summed E-state index contributed by atoms with van der Waals surface area (Å²) in [6.45, 7) is 0. The van der Waals surface area contributed by atoms with E-state index in [1.165, 1.54) is 7.05 Å². The summed E-state index contributed by atoms with van der Waals surface area (Å²) in [6, 6.07) is 17.6. The molecule has 0 aliphatic heterocycles. The Morgan fingerprint density at radius 3 is 2.27 bits per heavy atom. The Morgan fingerprint density at radius 1 is 1.00 bits per heavy atom. The molecule has 5 rings (SSSR count). The van der Waals surface area contributed by atoms with E-state index in [0.717, 1.165) is 40.5 Å². The van der Waals surface area contributed by atoms with E-state index in [9.17, 15) is 9.59 Å². The number of benzene rings is 2. The number of nitrogens with two attached hydrogens (primary N) is 1. The quantitative estimate of drug-likeness (QED) is 0.522. The molecule has 2 heterocycles. The van der Waals surface area contributed by atoms with Crippen LogP contribution in [-0.2, 0) is 12.6 Å². The van der Waals surface area contributed by atoms with Crippen molar-refractivity contribution >= 4 is 23.5 Å². The van der Waals surface area contributed by atoms with Crippen LogP contribution in [0, 0.1) is 0 Å². The average Bonchev–Trinajstić information content (AvgIpc) is 3.10. The van der Waals surface area contributed by atoms with E-state index in [1.54, 1.807) is 0 Å². The van der Waals surface area contributed by atoms with Crippen LogP contribution in [0.1, 0.15) is 24.8 Å². The lowest BCUT2D eigenvalue weighted by molar-refractivity contribution is 0.253. The zero-order valence-corrected chi connectivity index (χ0v) is 17.3. The van der Waals surface area contributed by atoms with E-state index < -0.39 is 5.69 Å². The van der Waals surface area contributed by atoms with Gasteiger partial charge in [0, 0.05) is 23.7 Å². The molecule has 7 heteroatoms. The number of nitrogens with zero attached hydrogens (tertiary/aromatic N) is 1. The van der Waals surface area contributed by atoms with Crippen molar-refractivity contribution in [3.05, 3.63) is 81.0 Å². The molecule has 4 aromatic rings. The summed E-state index contributed by atoms with van der Waals surface area (Å²) >= 11 is 0. The van der Waals surface area contributed by atoms with Crippen molar-refractivity contribution < 1.29 is 4.42 Å². The molecule has 3 N–H and O–H groups in total. The Labute approximate surface area is 178 Å². The van der Waals surface area contributed by atoms with Gasteiger partial charge in [-0.25, -0.2) is 4.79 Å². The topological polar surface area (TPSA) is 94.0 Å². The highest BCUT2D eigenvalue weighted by atomic mass is 35.5. The molecular weight excluding hydrogens is 402 g/mol. The normalized spacial score (nSPS) is 14.9. The SMILES string of the molecule is Cl.Cn1c(=O)[nH]c2oc(-c3ccc(C4(N)CCC4)cc3)c(-c3ccccc3)c2c1=O. The van der Waals surface area contributed by atoms with Crippen LogP contribution in [0.3, 0.4) is 0 Å². The second-order valence-corrected chi connectivity index (χ2v) is 7.76. The minimum absolute atomic E-state index is 0. The van der Waals surface area contributed by atoms with Crippen LogP contribution in [0.4, 0.5) is 0 Å². The number of fused-ring (bicyclic) bond motifs is 1. The molecule has 30 heavy (non-hydrogen) atoms. The maximum absolute atomic E-state index is 12.9. The predicted molar refractivity (Wildman–Crippen MR) is 120 cm³/mol. The van der Waals surface area contributed by atoms with Gasteiger partial charge in [-0.05, 0) is 30.4 Å². The van der Waals surface area contributed by atoms with Gasteiger partial charge in [0.2, 0.25) is 5.71 Å². The summed E-state index contributed by atoms with van der Waals surface area (Å²) in [4.78, 5) is 27.6. The number of H-pyrrole nitrogens is 1. The van der Waals surface area contributed by atoms with Gasteiger partial charge in [-0.1, -0.05) is 54.6 Å². The molecular formula is C23H22ClN3O3. The second kappa shape index (κ2) is 7.31. The van der Waals surface area contributed by atoms with E-state index >= 15 is 0 Å². The molecule has 154 valence electrons. The van der Waals surface area contributed by atoms with Crippen LogP contribution in [0.15, 0.2) is 68.6 Å². The van der Waals surface area contributed by atoms with E-state index in [4.69, 9.17) is 10.2 Å². The molecule has 0 bridgehead atoms. The van der Waals surface area contributed by atoms with Crippen molar-refractivity contribution in [1.82, 2.24) is 9.55 Å². The molecule has 6 nitrogen and oxygen atoms in total. The van der Waals surface area contributed by atoms with Gasteiger partial charge in [0.1, 0.15) is 11.1 Å². The molecule has 1 saturated carbocycles. The molecule has 0 spiro atoms. The maximum atomic E-state index is 12.9. The molecule has 0 atom stereocenters. The Hall–Kier alpha value is -3.09. The fourth-order valence-corrected chi connectivity index (χ4v) is 4.05. The average molecular weight is 424 g/mol. The highest BCUT2D eigenvalue weighted by Crippen LogP contribution is 2.41. The summed E-state index contributed by atoms with van der Waals surface area (Å²) in [6.07, 6.45) is 3.13. The molecule has 1 fully saturated rings. The smallest absolute Gasteiger partial charge is 0.330 e. The standard InChI is InChI=1S/C23H21N3O3.ClH/c1-26-21(27)18-17(14-6-3-2-4-7-14)19(29-20(18)25-22(26)28)15-8-10-16(11-9-15)23(24)12-5-13-23;/h2-4,6-11H,5,12-13,24H2,1H3,(H,25,28);1H. The third-order valence-electron chi connectivity index (χ3n) is 5.98. The number of furan rings is 1. The van der Waals surface area contributed by atoms with E-state index in [2.05, 4.69) is 4.98 Å². The molecule has 0 amide bonds. The summed E-state index contributed by atoms with van der Waals surface area (Å²) in [5.74, 6) is 0.552. The van der Waals surface area contributed by atoms with Crippen molar-refractivity contribution in [1.29, 1.82) is 0 Å². The highest BCUT2D eigenvalue weighted by molar-refractivity contribution is 5.99. The number of hydrogen-bond donors (Lipinski definition) is 2. The van der Waals surface area contributed by atoms with Crippen LogP contribution >= 0.6 is 12.4 Å². The van der Waals surface area contributed by atoms with Gasteiger partial charge in [0.05, 0.1) is 0 Å². The van der Waals surface area contributed by atoms with Crippen LogP contribution in [0.2, 0.25) is 0 Å². The first-order valence-electron chi connectivity index (χ1n) is 9.69.